The van der Waals surface area contributed by atoms with Crippen LogP contribution >= 0.6 is 0 Å². The maximum absolute atomic E-state index is 4.34. The van der Waals surface area contributed by atoms with Crippen molar-refractivity contribution in [3.05, 3.63) is 49.3 Å². The van der Waals surface area contributed by atoms with E-state index in [9.17, 15) is 0 Å². The summed E-state index contributed by atoms with van der Waals surface area (Å²) in [6.45, 7) is 13.0. The van der Waals surface area contributed by atoms with E-state index in [1.165, 1.54) is 0 Å². The highest BCUT2D eigenvalue weighted by Gasteiger charge is 2.04. The first-order valence-corrected chi connectivity index (χ1v) is 5.94. The van der Waals surface area contributed by atoms with E-state index in [-0.39, 0.29) is 0 Å². The third-order valence-corrected chi connectivity index (χ3v) is 2.42. The molecule has 0 aliphatic heterocycles. The first kappa shape index (κ1) is 13.5. The molecule has 0 unspecified atom stereocenters. The van der Waals surface area contributed by atoms with Crippen molar-refractivity contribution >= 4 is 5.69 Å². The van der Waals surface area contributed by atoms with E-state index >= 15 is 0 Å². The van der Waals surface area contributed by atoms with Crippen LogP contribution in [-0.2, 0) is 6.54 Å². The molecule has 1 heterocycles. The smallest absolute Gasteiger partial charge is 0.0562 e. The van der Waals surface area contributed by atoms with E-state index in [2.05, 4.69) is 41.3 Å². The molecule has 92 valence electrons. The quantitative estimate of drug-likeness (QED) is 0.696. The van der Waals surface area contributed by atoms with Crippen LogP contribution in [0.15, 0.2) is 43.6 Å². The lowest BCUT2D eigenvalue weighted by Crippen LogP contribution is -2.23. The van der Waals surface area contributed by atoms with Gasteiger partial charge in [0.2, 0.25) is 0 Å². The number of hydrogen-bond acceptors (Lipinski definition) is 3. The number of nitrogens with zero attached hydrogens (tertiary/aromatic N) is 2. The summed E-state index contributed by atoms with van der Waals surface area (Å²) in [5.74, 6) is 0. The average Bonchev–Trinajstić information content (AvgIpc) is 2.36. The van der Waals surface area contributed by atoms with Gasteiger partial charge in [-0.1, -0.05) is 19.1 Å². The van der Waals surface area contributed by atoms with Gasteiger partial charge in [-0.3, -0.25) is 4.98 Å². The Hall–Kier alpha value is -1.61. The summed E-state index contributed by atoms with van der Waals surface area (Å²) in [5.41, 5.74) is 2.22. The molecule has 3 heteroatoms. The standard InChI is InChI=1S/C14H21N3/c1-4-9-17(10-5-2)14-7-8-16-13(11-14)12-15-6-3/h4-5,7-8,11,15H,1-2,6,9-10,12H2,3H3. The molecule has 0 saturated carbocycles. The molecule has 0 atom stereocenters. The number of nitrogens with one attached hydrogen (secondary N) is 1. The second-order valence-electron chi connectivity index (χ2n) is 3.77. The molecule has 17 heavy (non-hydrogen) atoms. The van der Waals surface area contributed by atoms with E-state index in [4.69, 9.17) is 0 Å². The van der Waals surface area contributed by atoms with Crippen LogP contribution in [0.2, 0.25) is 0 Å². The van der Waals surface area contributed by atoms with Crippen LogP contribution < -0.4 is 10.2 Å². The molecule has 0 spiro atoms. The fraction of sp³-hybridized carbons (Fsp3) is 0.357. The van der Waals surface area contributed by atoms with Crippen LogP contribution in [0, 0.1) is 0 Å². The Bertz CT molecular complexity index is 350. The lowest BCUT2D eigenvalue weighted by atomic mass is 10.2. The van der Waals surface area contributed by atoms with E-state index in [0.29, 0.717) is 0 Å². The molecule has 0 fully saturated rings. The summed E-state index contributed by atoms with van der Waals surface area (Å²) in [7, 11) is 0. The summed E-state index contributed by atoms with van der Waals surface area (Å²) < 4.78 is 0. The maximum atomic E-state index is 4.34. The Labute approximate surface area is 104 Å². The summed E-state index contributed by atoms with van der Waals surface area (Å²) in [4.78, 5) is 6.54. The summed E-state index contributed by atoms with van der Waals surface area (Å²) in [6, 6.07) is 4.12. The highest BCUT2D eigenvalue weighted by Crippen LogP contribution is 2.14. The van der Waals surface area contributed by atoms with Crippen LogP contribution in [0.25, 0.3) is 0 Å². The SMILES string of the molecule is C=CCN(CC=C)c1ccnc(CNCC)c1. The third kappa shape index (κ3) is 4.41. The number of aromatic nitrogens is 1. The zero-order chi connectivity index (χ0) is 12.5. The summed E-state index contributed by atoms with van der Waals surface area (Å²) in [5, 5.41) is 3.27. The van der Waals surface area contributed by atoms with E-state index in [1.54, 1.807) is 0 Å². The molecule has 1 N–H and O–H groups in total. The molecule has 0 aliphatic carbocycles. The predicted octanol–water partition coefficient (Wildman–Crippen LogP) is 2.37. The minimum Gasteiger partial charge on any atom is -0.364 e. The number of anilines is 1. The molecule has 0 aliphatic rings. The van der Waals surface area contributed by atoms with Crippen molar-refractivity contribution in [3.8, 4) is 0 Å². The van der Waals surface area contributed by atoms with Gasteiger partial charge < -0.3 is 10.2 Å². The fourth-order valence-electron chi connectivity index (χ4n) is 1.61. The lowest BCUT2D eigenvalue weighted by molar-refractivity contribution is 0.710. The van der Waals surface area contributed by atoms with Crippen LogP contribution in [0.3, 0.4) is 0 Å². The van der Waals surface area contributed by atoms with Gasteiger partial charge in [-0.05, 0) is 18.7 Å². The van der Waals surface area contributed by atoms with Crippen molar-refractivity contribution in [3.63, 3.8) is 0 Å². The Morgan fingerprint density at radius 2 is 2.06 bits per heavy atom. The molecule has 0 saturated heterocycles. The molecule has 1 aromatic heterocycles. The Balaban J connectivity index is 2.79. The first-order chi connectivity index (χ1) is 8.31. The molecule has 0 aromatic carbocycles. The second kappa shape index (κ2) is 7.63. The second-order valence-corrected chi connectivity index (χ2v) is 3.77. The zero-order valence-corrected chi connectivity index (χ0v) is 10.5. The lowest BCUT2D eigenvalue weighted by Gasteiger charge is -2.21. The first-order valence-electron chi connectivity index (χ1n) is 5.94. The van der Waals surface area contributed by atoms with Gasteiger partial charge in [0.15, 0.2) is 0 Å². The van der Waals surface area contributed by atoms with Crippen LogP contribution in [0.1, 0.15) is 12.6 Å². The number of rotatable bonds is 8. The molecular weight excluding hydrogens is 210 g/mol. The van der Waals surface area contributed by atoms with Gasteiger partial charge in [0, 0.05) is 31.5 Å². The maximum Gasteiger partial charge on any atom is 0.0562 e. The summed E-state index contributed by atoms with van der Waals surface area (Å²) in [6.07, 6.45) is 5.64. The Morgan fingerprint density at radius 3 is 2.65 bits per heavy atom. The van der Waals surface area contributed by atoms with Gasteiger partial charge >= 0.3 is 0 Å². The van der Waals surface area contributed by atoms with Gasteiger partial charge in [-0.2, -0.15) is 0 Å². The highest BCUT2D eigenvalue weighted by atomic mass is 15.1. The predicted molar refractivity (Wildman–Crippen MR) is 74.2 cm³/mol. The van der Waals surface area contributed by atoms with Gasteiger partial charge in [0.25, 0.3) is 0 Å². The van der Waals surface area contributed by atoms with Crippen molar-refractivity contribution in [2.75, 3.05) is 24.5 Å². The Morgan fingerprint density at radius 1 is 1.35 bits per heavy atom. The van der Waals surface area contributed by atoms with Crippen molar-refractivity contribution < 1.29 is 0 Å². The zero-order valence-electron chi connectivity index (χ0n) is 10.5. The van der Waals surface area contributed by atoms with Crippen molar-refractivity contribution in [2.45, 2.75) is 13.5 Å². The molecule has 1 rings (SSSR count). The number of hydrogen-bond donors (Lipinski definition) is 1. The molecule has 1 aromatic rings. The van der Waals surface area contributed by atoms with Crippen LogP contribution in [-0.4, -0.2) is 24.6 Å². The molecular formula is C14H21N3. The van der Waals surface area contributed by atoms with Gasteiger partial charge in [-0.15, -0.1) is 13.2 Å². The normalized spacial score (nSPS) is 9.94. The third-order valence-electron chi connectivity index (χ3n) is 2.42. The molecule has 0 amide bonds. The topological polar surface area (TPSA) is 28.2 Å². The average molecular weight is 231 g/mol. The van der Waals surface area contributed by atoms with Gasteiger partial charge in [0.1, 0.15) is 0 Å². The van der Waals surface area contributed by atoms with Gasteiger partial charge in [-0.25, -0.2) is 0 Å². The van der Waals surface area contributed by atoms with Crippen LogP contribution in [0.5, 0.6) is 0 Å². The summed E-state index contributed by atoms with van der Waals surface area (Å²) >= 11 is 0. The fourth-order valence-corrected chi connectivity index (χ4v) is 1.61. The van der Waals surface area contributed by atoms with Crippen molar-refractivity contribution in [2.24, 2.45) is 0 Å². The molecule has 0 bridgehead atoms. The highest BCUT2D eigenvalue weighted by molar-refractivity contribution is 5.47. The van der Waals surface area contributed by atoms with E-state index in [0.717, 1.165) is 37.6 Å². The molecule has 0 radical (unpaired) electrons. The van der Waals surface area contributed by atoms with Crippen molar-refractivity contribution in [1.29, 1.82) is 0 Å². The van der Waals surface area contributed by atoms with E-state index in [1.807, 2.05) is 24.4 Å². The minimum atomic E-state index is 0.806. The Kier molecular flexibility index (Phi) is 6.04. The largest absolute Gasteiger partial charge is 0.364 e. The van der Waals surface area contributed by atoms with Crippen LogP contribution in [0.4, 0.5) is 5.69 Å². The van der Waals surface area contributed by atoms with Gasteiger partial charge in [0.05, 0.1) is 5.69 Å². The monoisotopic (exact) mass is 231 g/mol. The minimum absolute atomic E-state index is 0.806. The van der Waals surface area contributed by atoms with E-state index < -0.39 is 0 Å². The number of pyridine rings is 1. The van der Waals surface area contributed by atoms with Crippen molar-refractivity contribution in [1.82, 2.24) is 10.3 Å². The molecule has 3 nitrogen and oxygen atoms in total.